The molecule has 0 spiro atoms. The van der Waals surface area contributed by atoms with Gasteiger partial charge in [0.05, 0.1) is 16.3 Å². The fourth-order valence-electron chi connectivity index (χ4n) is 4.87. The summed E-state index contributed by atoms with van der Waals surface area (Å²) in [6.07, 6.45) is 0.670. The Morgan fingerprint density at radius 1 is 1.09 bits per heavy atom. The lowest BCUT2D eigenvalue weighted by molar-refractivity contribution is -0.0891. The number of carbonyl (C=O) groups excluding carboxylic acids is 1. The number of Topliss-reactive ketones (excluding diaryl/α,β-unsaturated/α-hetero) is 1. The number of benzene rings is 1. The number of rotatable bonds is 8. The summed E-state index contributed by atoms with van der Waals surface area (Å²) in [7, 11) is -3.32. The highest BCUT2D eigenvalue weighted by atomic mass is 35.5. The van der Waals surface area contributed by atoms with Crippen LogP contribution in [-0.2, 0) is 10.0 Å². The molecule has 0 radical (unpaired) electrons. The maximum Gasteiger partial charge on any atom is 0.248 e. The van der Waals surface area contributed by atoms with Crippen molar-refractivity contribution in [1.29, 1.82) is 0 Å². The molecule has 10 heteroatoms. The second kappa shape index (κ2) is 9.99. The van der Waals surface area contributed by atoms with E-state index >= 15 is 0 Å². The minimum Gasteiger partial charge on any atom is -0.295 e. The molecule has 180 valence electrons. The third-order valence-electron chi connectivity index (χ3n) is 6.74. The van der Waals surface area contributed by atoms with Gasteiger partial charge in [-0.25, -0.2) is 21.6 Å². The van der Waals surface area contributed by atoms with E-state index in [4.69, 9.17) is 11.6 Å². The van der Waals surface area contributed by atoms with Gasteiger partial charge in [0, 0.05) is 51.0 Å². The molecular weight excluding hydrogens is 465 g/mol. The molecule has 0 unspecified atom stereocenters. The lowest BCUT2D eigenvalue weighted by Crippen LogP contribution is -2.60. The van der Waals surface area contributed by atoms with E-state index in [1.807, 2.05) is 6.92 Å². The largest absolute Gasteiger partial charge is 0.295 e. The van der Waals surface area contributed by atoms with Crippen molar-refractivity contribution in [1.82, 2.24) is 9.21 Å². The summed E-state index contributed by atoms with van der Waals surface area (Å²) in [6, 6.07) is 4.04. The van der Waals surface area contributed by atoms with Crippen molar-refractivity contribution < 1.29 is 26.4 Å². The number of alkyl halides is 2. The Kier molecular flexibility index (Phi) is 7.95. The Morgan fingerprint density at radius 3 is 2.28 bits per heavy atom. The first-order valence-corrected chi connectivity index (χ1v) is 13.1. The highest BCUT2D eigenvalue weighted by Crippen LogP contribution is 2.44. The van der Waals surface area contributed by atoms with Crippen molar-refractivity contribution in [3.63, 3.8) is 0 Å². The number of halogens is 4. The maximum absolute atomic E-state index is 14.2. The first kappa shape index (κ1) is 25.5. The van der Waals surface area contributed by atoms with E-state index in [2.05, 4.69) is 4.90 Å². The zero-order chi connectivity index (χ0) is 23.6. The van der Waals surface area contributed by atoms with Crippen LogP contribution in [0.4, 0.5) is 13.2 Å². The zero-order valence-corrected chi connectivity index (χ0v) is 19.8. The van der Waals surface area contributed by atoms with Gasteiger partial charge >= 0.3 is 0 Å². The third-order valence-corrected chi connectivity index (χ3v) is 9.13. The summed E-state index contributed by atoms with van der Waals surface area (Å²) < 4.78 is 68.3. The quantitative estimate of drug-likeness (QED) is 0.489. The molecular formula is C22H30ClF3N2O3S. The van der Waals surface area contributed by atoms with E-state index in [1.54, 1.807) is 0 Å². The summed E-state index contributed by atoms with van der Waals surface area (Å²) in [5.41, 5.74) is -0.809. The number of ketones is 1. The molecule has 1 aliphatic heterocycles. The van der Waals surface area contributed by atoms with Crippen molar-refractivity contribution >= 4 is 27.4 Å². The number of hydrogen-bond donors (Lipinski definition) is 0. The molecule has 2 fully saturated rings. The predicted molar refractivity (Wildman–Crippen MR) is 118 cm³/mol. The Bertz CT molecular complexity index is 904. The Balaban J connectivity index is 1.74. The smallest absolute Gasteiger partial charge is 0.248 e. The fraction of sp³-hybridized carbons (Fsp3) is 0.682. The van der Waals surface area contributed by atoms with Crippen molar-refractivity contribution in [2.24, 2.45) is 0 Å². The topological polar surface area (TPSA) is 57.7 Å². The standard InChI is InChI=1S/C22H30ClF3N2O3S/c1-2-16-32(30,31)28-14-12-27(13-15-28)21(8-10-22(25,26)11-9-21)7-6-19(29)20-17(23)4-3-5-18(20)24/h3-5H,2,6-16H2,1H3. The van der Waals surface area contributed by atoms with Gasteiger partial charge in [-0.1, -0.05) is 24.6 Å². The van der Waals surface area contributed by atoms with Gasteiger partial charge in [0.2, 0.25) is 15.9 Å². The molecule has 0 N–H and O–H groups in total. The van der Waals surface area contributed by atoms with Crippen LogP contribution in [0, 0.1) is 5.82 Å². The Morgan fingerprint density at radius 2 is 1.72 bits per heavy atom. The van der Waals surface area contributed by atoms with Crippen molar-refractivity contribution in [3.05, 3.63) is 34.6 Å². The Labute approximate surface area is 193 Å². The molecule has 32 heavy (non-hydrogen) atoms. The van der Waals surface area contributed by atoms with E-state index < -0.39 is 33.1 Å². The molecule has 1 aromatic carbocycles. The van der Waals surface area contributed by atoms with Gasteiger partial charge in [0.15, 0.2) is 5.78 Å². The van der Waals surface area contributed by atoms with Gasteiger partial charge in [-0.05, 0) is 37.8 Å². The van der Waals surface area contributed by atoms with Crippen LogP contribution in [0.3, 0.4) is 0 Å². The second-order valence-electron chi connectivity index (χ2n) is 8.80. The summed E-state index contributed by atoms with van der Waals surface area (Å²) in [5, 5.41) is 0.0361. The molecule has 0 atom stereocenters. The molecule has 3 rings (SSSR count). The monoisotopic (exact) mass is 494 g/mol. The lowest BCUT2D eigenvalue weighted by atomic mass is 9.74. The number of hydrogen-bond acceptors (Lipinski definition) is 4. The van der Waals surface area contributed by atoms with Crippen LogP contribution in [0.25, 0.3) is 0 Å². The number of nitrogens with zero attached hydrogens (tertiary/aromatic N) is 2. The van der Waals surface area contributed by atoms with Crippen molar-refractivity contribution in [2.75, 3.05) is 31.9 Å². The normalized spacial score (nSPS) is 22.0. The van der Waals surface area contributed by atoms with Crippen LogP contribution in [0.15, 0.2) is 18.2 Å². The lowest BCUT2D eigenvalue weighted by Gasteiger charge is -2.51. The highest BCUT2D eigenvalue weighted by Gasteiger charge is 2.47. The summed E-state index contributed by atoms with van der Waals surface area (Å²) >= 11 is 6.02. The second-order valence-corrected chi connectivity index (χ2v) is 11.3. The fourth-order valence-corrected chi connectivity index (χ4v) is 6.63. The van der Waals surface area contributed by atoms with Crippen molar-refractivity contribution in [3.8, 4) is 0 Å². The maximum atomic E-state index is 14.2. The molecule has 1 aliphatic carbocycles. The number of carbonyl (C=O) groups is 1. The SMILES string of the molecule is CCCS(=O)(=O)N1CCN(C2(CCC(=O)c3c(F)cccc3Cl)CCC(F)(F)CC2)CC1. The van der Waals surface area contributed by atoms with Gasteiger partial charge in [0.25, 0.3) is 0 Å². The van der Waals surface area contributed by atoms with Crippen LogP contribution in [-0.4, -0.2) is 66.8 Å². The molecule has 5 nitrogen and oxygen atoms in total. The Hall–Kier alpha value is -1.16. The van der Waals surface area contributed by atoms with Crippen LogP contribution < -0.4 is 0 Å². The van der Waals surface area contributed by atoms with E-state index in [-0.39, 0.29) is 48.4 Å². The number of piperazine rings is 1. The summed E-state index contributed by atoms with van der Waals surface area (Å²) in [6.45, 7) is 3.25. The van der Waals surface area contributed by atoms with Crippen LogP contribution in [0.2, 0.25) is 5.02 Å². The zero-order valence-electron chi connectivity index (χ0n) is 18.3. The highest BCUT2D eigenvalue weighted by molar-refractivity contribution is 7.89. The first-order valence-electron chi connectivity index (χ1n) is 11.1. The van der Waals surface area contributed by atoms with Crippen LogP contribution >= 0.6 is 11.6 Å². The average Bonchev–Trinajstić information content (AvgIpc) is 2.73. The molecule has 1 aromatic rings. The van der Waals surface area contributed by atoms with Gasteiger partial charge in [-0.2, -0.15) is 4.31 Å². The predicted octanol–water partition coefficient (Wildman–Crippen LogP) is 4.75. The summed E-state index contributed by atoms with van der Waals surface area (Å²) in [5.74, 6) is -3.80. The molecule has 0 aromatic heterocycles. The van der Waals surface area contributed by atoms with E-state index in [0.717, 1.165) is 0 Å². The van der Waals surface area contributed by atoms with E-state index in [9.17, 15) is 26.4 Å². The minimum atomic E-state index is -3.32. The third kappa shape index (κ3) is 5.66. The summed E-state index contributed by atoms with van der Waals surface area (Å²) in [4.78, 5) is 14.8. The van der Waals surface area contributed by atoms with Gasteiger partial charge in [-0.3, -0.25) is 9.69 Å². The molecule has 0 amide bonds. The molecule has 2 aliphatic rings. The molecule has 1 saturated carbocycles. The van der Waals surface area contributed by atoms with E-state index in [0.29, 0.717) is 39.0 Å². The first-order chi connectivity index (χ1) is 15.0. The molecule has 1 heterocycles. The average molecular weight is 495 g/mol. The number of sulfonamides is 1. The van der Waals surface area contributed by atoms with Crippen LogP contribution in [0.5, 0.6) is 0 Å². The minimum absolute atomic E-state index is 0.0133. The van der Waals surface area contributed by atoms with Gasteiger partial charge in [0.1, 0.15) is 5.82 Å². The molecule has 0 bridgehead atoms. The van der Waals surface area contributed by atoms with Gasteiger partial charge in [-0.15, -0.1) is 0 Å². The van der Waals surface area contributed by atoms with E-state index in [1.165, 1.54) is 22.5 Å². The molecule has 1 saturated heterocycles. The van der Waals surface area contributed by atoms with Crippen LogP contribution in [0.1, 0.15) is 62.2 Å². The van der Waals surface area contributed by atoms with Crippen molar-refractivity contribution in [2.45, 2.75) is 63.3 Å². The van der Waals surface area contributed by atoms with Gasteiger partial charge < -0.3 is 0 Å².